The molecule has 6 nitrogen and oxygen atoms in total. The van der Waals surface area contributed by atoms with Crippen molar-refractivity contribution in [2.24, 2.45) is 0 Å². The predicted octanol–water partition coefficient (Wildman–Crippen LogP) is 1.84. The Morgan fingerprint density at radius 1 is 1.15 bits per heavy atom. The Kier molecular flexibility index (Phi) is 3.08. The number of nitrogens with zero attached hydrogens (tertiary/aromatic N) is 4. The molecule has 0 saturated carbocycles. The van der Waals surface area contributed by atoms with Crippen LogP contribution in [0.3, 0.4) is 0 Å². The molecule has 0 aliphatic carbocycles. The molecular formula is C13H9ClN4O2. The third-order valence-electron chi connectivity index (χ3n) is 2.74. The van der Waals surface area contributed by atoms with E-state index in [4.69, 9.17) is 16.3 Å². The van der Waals surface area contributed by atoms with Gasteiger partial charge >= 0.3 is 6.01 Å². The molecule has 0 aliphatic heterocycles. The second-order valence-corrected chi connectivity index (χ2v) is 4.38. The molecule has 3 aromatic rings. The van der Waals surface area contributed by atoms with E-state index in [1.54, 1.807) is 24.3 Å². The molecule has 2 aromatic heterocycles. The smallest absolute Gasteiger partial charge is 0.305 e. The van der Waals surface area contributed by atoms with Gasteiger partial charge in [-0.25, -0.2) is 14.5 Å². The summed E-state index contributed by atoms with van der Waals surface area (Å²) in [5.74, 6) is 0. The lowest BCUT2D eigenvalue weighted by atomic mass is 10.3. The van der Waals surface area contributed by atoms with Crippen molar-refractivity contribution in [3.8, 4) is 11.7 Å². The van der Waals surface area contributed by atoms with Gasteiger partial charge in [-0.05, 0) is 24.3 Å². The van der Waals surface area contributed by atoms with Crippen molar-refractivity contribution in [3.63, 3.8) is 0 Å². The average Bonchev–Trinajstić information content (AvgIpc) is 2.48. The Morgan fingerprint density at radius 2 is 1.85 bits per heavy atom. The average molecular weight is 289 g/mol. The first-order valence-electron chi connectivity index (χ1n) is 5.74. The first-order chi connectivity index (χ1) is 9.70. The molecule has 2 heterocycles. The van der Waals surface area contributed by atoms with Gasteiger partial charge in [0.05, 0.1) is 12.8 Å². The minimum Gasteiger partial charge on any atom is -0.468 e. The standard InChI is InChI=1S/C13H9ClN4O2/c1-20-13-17-11-10(15-6-7-16-11)12(19)18(13)9-4-2-8(14)3-5-9/h2-7H,1H3. The van der Waals surface area contributed by atoms with Gasteiger partial charge in [0.2, 0.25) is 0 Å². The molecule has 0 fully saturated rings. The Balaban J connectivity index is 2.36. The van der Waals surface area contributed by atoms with Crippen LogP contribution in [0.25, 0.3) is 16.9 Å². The number of methoxy groups -OCH3 is 1. The summed E-state index contributed by atoms with van der Waals surface area (Å²) >= 11 is 5.85. The molecule has 0 amide bonds. The van der Waals surface area contributed by atoms with Gasteiger partial charge in [-0.2, -0.15) is 4.98 Å². The van der Waals surface area contributed by atoms with Crippen LogP contribution in [0.5, 0.6) is 6.01 Å². The molecule has 0 aliphatic rings. The van der Waals surface area contributed by atoms with Crippen molar-refractivity contribution in [3.05, 3.63) is 52.0 Å². The quantitative estimate of drug-likeness (QED) is 0.719. The minimum absolute atomic E-state index is 0.144. The van der Waals surface area contributed by atoms with Gasteiger partial charge in [-0.1, -0.05) is 11.6 Å². The van der Waals surface area contributed by atoms with E-state index in [1.807, 2.05) is 0 Å². The molecule has 100 valence electrons. The van der Waals surface area contributed by atoms with Crippen LogP contribution in [0.2, 0.25) is 5.02 Å². The van der Waals surface area contributed by atoms with E-state index in [1.165, 1.54) is 24.1 Å². The summed E-state index contributed by atoms with van der Waals surface area (Å²) in [5, 5.41) is 0.578. The summed E-state index contributed by atoms with van der Waals surface area (Å²) in [4.78, 5) is 24.7. The maximum atomic E-state index is 12.5. The third-order valence-corrected chi connectivity index (χ3v) is 3.00. The zero-order valence-electron chi connectivity index (χ0n) is 10.4. The van der Waals surface area contributed by atoms with Crippen molar-refractivity contribution in [1.29, 1.82) is 0 Å². The number of hydrogen-bond donors (Lipinski definition) is 0. The van der Waals surface area contributed by atoms with Crippen LogP contribution in [0.15, 0.2) is 41.5 Å². The highest BCUT2D eigenvalue weighted by molar-refractivity contribution is 6.30. The number of halogens is 1. The second kappa shape index (κ2) is 4.90. The maximum absolute atomic E-state index is 12.5. The Bertz CT molecular complexity index is 830. The molecule has 0 radical (unpaired) electrons. The molecule has 0 atom stereocenters. The molecule has 0 unspecified atom stereocenters. The molecule has 7 heteroatoms. The van der Waals surface area contributed by atoms with Crippen LogP contribution in [0.1, 0.15) is 0 Å². The molecule has 0 N–H and O–H groups in total. The summed E-state index contributed by atoms with van der Waals surface area (Å²) in [6.45, 7) is 0. The number of rotatable bonds is 2. The molecular weight excluding hydrogens is 280 g/mol. The van der Waals surface area contributed by atoms with Gasteiger partial charge in [0.1, 0.15) is 0 Å². The topological polar surface area (TPSA) is 69.9 Å². The van der Waals surface area contributed by atoms with Gasteiger partial charge < -0.3 is 4.74 Å². The minimum atomic E-state index is -0.345. The Morgan fingerprint density at radius 3 is 2.55 bits per heavy atom. The van der Waals surface area contributed by atoms with Crippen molar-refractivity contribution in [2.45, 2.75) is 0 Å². The molecule has 0 spiro atoms. The largest absolute Gasteiger partial charge is 0.468 e. The van der Waals surface area contributed by atoms with E-state index in [2.05, 4.69) is 15.0 Å². The number of aromatic nitrogens is 4. The first-order valence-corrected chi connectivity index (χ1v) is 6.12. The Hall–Kier alpha value is -2.47. The fourth-order valence-corrected chi connectivity index (χ4v) is 1.98. The van der Waals surface area contributed by atoms with E-state index in [9.17, 15) is 4.79 Å². The molecule has 0 bridgehead atoms. The zero-order chi connectivity index (χ0) is 14.1. The number of hydrogen-bond acceptors (Lipinski definition) is 5. The van der Waals surface area contributed by atoms with Crippen LogP contribution in [-0.4, -0.2) is 26.6 Å². The summed E-state index contributed by atoms with van der Waals surface area (Å²) in [7, 11) is 1.44. The summed E-state index contributed by atoms with van der Waals surface area (Å²) in [6.07, 6.45) is 2.92. The highest BCUT2D eigenvalue weighted by Gasteiger charge is 2.14. The monoisotopic (exact) mass is 288 g/mol. The zero-order valence-corrected chi connectivity index (χ0v) is 11.2. The van der Waals surface area contributed by atoms with E-state index < -0.39 is 0 Å². The van der Waals surface area contributed by atoms with Crippen molar-refractivity contribution < 1.29 is 4.74 Å². The highest BCUT2D eigenvalue weighted by Crippen LogP contribution is 2.17. The SMILES string of the molecule is COc1nc2nccnc2c(=O)n1-c1ccc(Cl)cc1. The van der Waals surface area contributed by atoms with Crippen LogP contribution in [0, 0.1) is 0 Å². The van der Waals surface area contributed by atoms with E-state index in [0.29, 0.717) is 10.7 Å². The fourth-order valence-electron chi connectivity index (χ4n) is 1.85. The van der Waals surface area contributed by atoms with Crippen LogP contribution in [-0.2, 0) is 0 Å². The summed E-state index contributed by atoms with van der Waals surface area (Å²) < 4.78 is 6.50. The molecule has 3 rings (SSSR count). The predicted molar refractivity (Wildman–Crippen MR) is 74.5 cm³/mol. The van der Waals surface area contributed by atoms with E-state index in [0.717, 1.165) is 0 Å². The lowest BCUT2D eigenvalue weighted by Crippen LogP contribution is -2.22. The number of benzene rings is 1. The van der Waals surface area contributed by atoms with Gasteiger partial charge in [-0.15, -0.1) is 0 Å². The summed E-state index contributed by atoms with van der Waals surface area (Å²) in [5.41, 5.74) is 0.682. The molecule has 1 aromatic carbocycles. The van der Waals surface area contributed by atoms with Crippen molar-refractivity contribution in [1.82, 2.24) is 19.5 Å². The number of ether oxygens (including phenoxy) is 1. The third kappa shape index (κ3) is 2.00. The van der Waals surface area contributed by atoms with Gasteiger partial charge in [0.15, 0.2) is 11.2 Å². The number of fused-ring (bicyclic) bond motifs is 1. The normalized spacial score (nSPS) is 10.7. The lowest BCUT2D eigenvalue weighted by molar-refractivity contribution is 0.368. The van der Waals surface area contributed by atoms with E-state index in [-0.39, 0.29) is 22.7 Å². The second-order valence-electron chi connectivity index (χ2n) is 3.94. The van der Waals surface area contributed by atoms with Crippen LogP contribution >= 0.6 is 11.6 Å². The summed E-state index contributed by atoms with van der Waals surface area (Å²) in [6, 6.07) is 6.92. The van der Waals surface area contributed by atoms with Gasteiger partial charge in [0, 0.05) is 17.4 Å². The Labute approximate surface area is 118 Å². The molecule has 20 heavy (non-hydrogen) atoms. The maximum Gasteiger partial charge on any atom is 0.305 e. The molecule has 0 saturated heterocycles. The van der Waals surface area contributed by atoms with Crippen LogP contribution < -0.4 is 10.3 Å². The van der Waals surface area contributed by atoms with Gasteiger partial charge in [0.25, 0.3) is 5.56 Å². The highest BCUT2D eigenvalue weighted by atomic mass is 35.5. The fraction of sp³-hybridized carbons (Fsp3) is 0.0769. The van der Waals surface area contributed by atoms with Crippen molar-refractivity contribution >= 4 is 22.8 Å². The van der Waals surface area contributed by atoms with E-state index >= 15 is 0 Å². The first kappa shape index (κ1) is 12.6. The van der Waals surface area contributed by atoms with Gasteiger partial charge in [-0.3, -0.25) is 4.79 Å². The van der Waals surface area contributed by atoms with Crippen LogP contribution in [0.4, 0.5) is 0 Å². The van der Waals surface area contributed by atoms with Crippen molar-refractivity contribution in [2.75, 3.05) is 7.11 Å². The lowest BCUT2D eigenvalue weighted by Gasteiger charge is -2.10.